The monoisotopic (exact) mass is 428 g/mol. The quantitative estimate of drug-likeness (QED) is 0.647. The minimum atomic E-state index is 0. The topological polar surface area (TPSA) is 41.6 Å². The Bertz CT molecular complexity index is 1030. The largest absolute Gasteiger partial charge is 0.497 e. The zero-order valence-corrected chi connectivity index (χ0v) is 18.0. The molecule has 1 amide bonds. The van der Waals surface area contributed by atoms with Gasteiger partial charge in [-0.3, -0.25) is 4.79 Å². The lowest BCUT2D eigenvalue weighted by molar-refractivity contribution is 0.0622. The molecular weight excluding hydrogens is 404 g/mol. The molecule has 0 spiro atoms. The van der Waals surface area contributed by atoms with Gasteiger partial charge < -0.3 is 15.0 Å². The molecule has 3 aliphatic rings. The van der Waals surface area contributed by atoms with E-state index in [0.717, 1.165) is 38.4 Å². The van der Waals surface area contributed by atoms with Crippen molar-refractivity contribution in [3.8, 4) is 16.9 Å². The van der Waals surface area contributed by atoms with Gasteiger partial charge in [0, 0.05) is 17.3 Å². The van der Waals surface area contributed by atoms with Crippen LogP contribution in [0.5, 0.6) is 5.75 Å². The summed E-state index contributed by atoms with van der Waals surface area (Å²) in [6, 6.07) is 16.7. The van der Waals surface area contributed by atoms with Crippen LogP contribution in [-0.4, -0.2) is 43.6 Å². The van der Waals surface area contributed by atoms with E-state index < -0.39 is 0 Å². The molecule has 1 N–H and O–H groups in total. The molecule has 0 aliphatic carbocycles. The number of thiophene rings is 1. The standard InChI is InChI=1S/C23H24N2O2S.ClH/c1-27-18-6-2-4-16(12-18)19-7-3-5-17-13-21(28-22(17)19)23(26)24-20-14-25-10-8-15(20)9-11-25;/h2-7,12-13,15,20H,8-11,14H2,1H3,(H,24,26);1H/t20-;/m1./s1. The number of amides is 1. The van der Waals surface area contributed by atoms with Gasteiger partial charge in [-0.25, -0.2) is 0 Å². The van der Waals surface area contributed by atoms with Crippen molar-refractivity contribution in [3.63, 3.8) is 0 Å². The van der Waals surface area contributed by atoms with Crippen LogP contribution in [0.2, 0.25) is 0 Å². The Kier molecular flexibility index (Phi) is 5.81. The highest BCUT2D eigenvalue weighted by Crippen LogP contribution is 2.36. The highest BCUT2D eigenvalue weighted by molar-refractivity contribution is 7.21. The van der Waals surface area contributed by atoms with Crippen molar-refractivity contribution in [1.82, 2.24) is 10.2 Å². The molecule has 3 fully saturated rings. The maximum absolute atomic E-state index is 13.0. The highest BCUT2D eigenvalue weighted by atomic mass is 35.5. The van der Waals surface area contributed by atoms with E-state index in [1.807, 2.05) is 24.3 Å². The van der Waals surface area contributed by atoms with Crippen LogP contribution in [0.15, 0.2) is 48.5 Å². The molecule has 152 valence electrons. The molecule has 0 radical (unpaired) electrons. The zero-order valence-electron chi connectivity index (χ0n) is 16.4. The molecule has 4 nitrogen and oxygen atoms in total. The predicted octanol–water partition coefficient (Wildman–Crippen LogP) is 4.82. The van der Waals surface area contributed by atoms with Crippen LogP contribution in [0.3, 0.4) is 0 Å². The highest BCUT2D eigenvalue weighted by Gasteiger charge is 2.35. The first-order chi connectivity index (χ1) is 13.7. The number of methoxy groups -OCH3 is 1. The SMILES string of the molecule is COc1cccc(-c2cccc3cc(C(=O)N[C@@H]4CN5CCC4CC5)sc23)c1.Cl. The van der Waals surface area contributed by atoms with Gasteiger partial charge in [0.1, 0.15) is 5.75 Å². The minimum absolute atomic E-state index is 0. The maximum Gasteiger partial charge on any atom is 0.261 e. The van der Waals surface area contributed by atoms with Crippen LogP contribution in [0.4, 0.5) is 0 Å². The molecule has 2 aromatic carbocycles. The smallest absolute Gasteiger partial charge is 0.261 e. The Labute approximate surface area is 181 Å². The zero-order chi connectivity index (χ0) is 19.1. The van der Waals surface area contributed by atoms with Gasteiger partial charge in [-0.05, 0) is 66.6 Å². The van der Waals surface area contributed by atoms with Gasteiger partial charge >= 0.3 is 0 Å². The summed E-state index contributed by atoms with van der Waals surface area (Å²) in [7, 11) is 1.68. The van der Waals surface area contributed by atoms with Gasteiger partial charge in [0.05, 0.1) is 12.0 Å². The summed E-state index contributed by atoms with van der Waals surface area (Å²) in [5, 5.41) is 4.43. The minimum Gasteiger partial charge on any atom is -0.497 e. The second kappa shape index (κ2) is 8.34. The lowest BCUT2D eigenvalue weighted by Crippen LogP contribution is -2.57. The number of piperidine rings is 3. The normalized spacial score (nSPS) is 22.9. The Morgan fingerprint density at radius 3 is 2.66 bits per heavy atom. The molecule has 0 saturated carbocycles. The number of fused-ring (bicyclic) bond motifs is 4. The van der Waals surface area contributed by atoms with E-state index in [9.17, 15) is 4.79 Å². The number of nitrogens with one attached hydrogen (secondary N) is 1. The number of rotatable bonds is 4. The second-order valence-corrected chi connectivity index (χ2v) is 8.84. The Morgan fingerprint density at radius 1 is 1.14 bits per heavy atom. The van der Waals surface area contributed by atoms with Crippen molar-refractivity contribution >= 4 is 39.7 Å². The third-order valence-electron chi connectivity index (χ3n) is 6.12. The number of hydrogen-bond acceptors (Lipinski definition) is 4. The lowest BCUT2D eigenvalue weighted by atomic mass is 9.84. The number of halogens is 1. The van der Waals surface area contributed by atoms with Gasteiger partial charge in [-0.1, -0.05) is 30.3 Å². The summed E-state index contributed by atoms with van der Waals surface area (Å²) in [4.78, 5) is 16.2. The van der Waals surface area contributed by atoms with E-state index in [-0.39, 0.29) is 24.4 Å². The van der Waals surface area contributed by atoms with Crippen molar-refractivity contribution in [2.75, 3.05) is 26.7 Å². The molecule has 4 heterocycles. The first kappa shape index (κ1) is 20.2. The van der Waals surface area contributed by atoms with Crippen molar-refractivity contribution in [2.24, 2.45) is 5.92 Å². The lowest BCUT2D eigenvalue weighted by Gasteiger charge is -2.44. The predicted molar refractivity (Wildman–Crippen MR) is 121 cm³/mol. The number of carbonyl (C=O) groups excluding carboxylic acids is 1. The average Bonchev–Trinajstić information content (AvgIpc) is 3.19. The summed E-state index contributed by atoms with van der Waals surface area (Å²) in [6.45, 7) is 3.37. The summed E-state index contributed by atoms with van der Waals surface area (Å²) in [5.74, 6) is 1.54. The number of nitrogens with zero attached hydrogens (tertiary/aromatic N) is 1. The molecule has 0 unspecified atom stereocenters. The number of hydrogen-bond donors (Lipinski definition) is 1. The van der Waals surface area contributed by atoms with Gasteiger partial charge in [0.25, 0.3) is 5.91 Å². The molecule has 1 aromatic heterocycles. The van der Waals surface area contributed by atoms with E-state index >= 15 is 0 Å². The van der Waals surface area contributed by atoms with Crippen molar-refractivity contribution < 1.29 is 9.53 Å². The number of ether oxygens (including phenoxy) is 1. The summed E-state index contributed by atoms with van der Waals surface area (Å²) >= 11 is 1.58. The van der Waals surface area contributed by atoms with Crippen molar-refractivity contribution in [1.29, 1.82) is 0 Å². The van der Waals surface area contributed by atoms with E-state index in [2.05, 4.69) is 34.5 Å². The molecule has 29 heavy (non-hydrogen) atoms. The first-order valence-electron chi connectivity index (χ1n) is 9.91. The molecule has 1 atom stereocenters. The molecule has 3 aromatic rings. The number of carbonyl (C=O) groups is 1. The van der Waals surface area contributed by atoms with Crippen LogP contribution >= 0.6 is 23.7 Å². The van der Waals surface area contributed by atoms with E-state index in [1.54, 1.807) is 18.4 Å². The third-order valence-corrected chi connectivity index (χ3v) is 7.30. The van der Waals surface area contributed by atoms with E-state index in [4.69, 9.17) is 4.74 Å². The maximum atomic E-state index is 13.0. The molecule has 3 saturated heterocycles. The molecule has 6 heteroatoms. The summed E-state index contributed by atoms with van der Waals surface area (Å²) < 4.78 is 6.52. The van der Waals surface area contributed by atoms with Crippen LogP contribution in [0.1, 0.15) is 22.5 Å². The molecular formula is C23H25ClN2O2S. The van der Waals surface area contributed by atoms with Gasteiger partial charge in [-0.15, -0.1) is 23.7 Å². The number of benzene rings is 2. The Morgan fingerprint density at radius 2 is 1.93 bits per heavy atom. The average molecular weight is 429 g/mol. The fraction of sp³-hybridized carbons (Fsp3) is 0.348. The van der Waals surface area contributed by atoms with Crippen LogP contribution in [-0.2, 0) is 0 Å². The van der Waals surface area contributed by atoms with Gasteiger partial charge in [0.2, 0.25) is 0 Å². The van der Waals surface area contributed by atoms with Gasteiger partial charge in [0.15, 0.2) is 0 Å². The third kappa shape index (κ3) is 3.87. The molecule has 3 aliphatic heterocycles. The Balaban J connectivity index is 0.00000205. The van der Waals surface area contributed by atoms with Crippen molar-refractivity contribution in [3.05, 3.63) is 53.4 Å². The van der Waals surface area contributed by atoms with Crippen LogP contribution in [0, 0.1) is 5.92 Å². The summed E-state index contributed by atoms with van der Waals surface area (Å²) in [5.41, 5.74) is 2.25. The second-order valence-electron chi connectivity index (χ2n) is 7.78. The van der Waals surface area contributed by atoms with E-state index in [0.29, 0.717) is 5.92 Å². The Hall–Kier alpha value is -2.08. The van der Waals surface area contributed by atoms with E-state index in [1.165, 1.54) is 25.9 Å². The molecule has 6 rings (SSSR count). The molecule has 2 bridgehead atoms. The van der Waals surface area contributed by atoms with Crippen LogP contribution < -0.4 is 10.1 Å². The fourth-order valence-electron chi connectivity index (χ4n) is 4.56. The fourth-order valence-corrected chi connectivity index (χ4v) is 5.66. The summed E-state index contributed by atoms with van der Waals surface area (Å²) in [6.07, 6.45) is 2.41. The van der Waals surface area contributed by atoms with Crippen LogP contribution in [0.25, 0.3) is 21.2 Å². The van der Waals surface area contributed by atoms with Crippen molar-refractivity contribution in [2.45, 2.75) is 18.9 Å². The first-order valence-corrected chi connectivity index (χ1v) is 10.7. The van der Waals surface area contributed by atoms with Gasteiger partial charge in [-0.2, -0.15) is 0 Å².